The first-order valence-electron chi connectivity index (χ1n) is 11.7. The maximum absolute atomic E-state index is 16.1. The number of benzene rings is 3. The Morgan fingerprint density at radius 2 is 0.559 bits per heavy atom. The maximum atomic E-state index is 16.1. The van der Waals surface area contributed by atoms with Gasteiger partial charge in [0, 0.05) is 0 Å². The van der Waals surface area contributed by atoms with Gasteiger partial charge in [0.25, 0.3) is 0 Å². The Morgan fingerprint density at radius 3 is 0.706 bits per heavy atom. The van der Waals surface area contributed by atoms with E-state index in [0.29, 0.717) is 0 Å². The van der Waals surface area contributed by atoms with E-state index in [2.05, 4.69) is 101 Å². The van der Waals surface area contributed by atoms with E-state index >= 15 is 4.80 Å². The molecule has 0 atom stereocenters. The van der Waals surface area contributed by atoms with Crippen molar-refractivity contribution in [3.8, 4) is 0 Å². The van der Waals surface area contributed by atoms with Crippen LogP contribution in [0.4, 0.5) is 0 Å². The van der Waals surface area contributed by atoms with Gasteiger partial charge in [-0.05, 0) is 150 Å². The summed E-state index contributed by atoms with van der Waals surface area (Å²) in [5, 5.41) is 3.22. The van der Waals surface area contributed by atoms with Gasteiger partial charge in [0.2, 0.25) is 0 Å². The average Bonchev–Trinajstić information content (AvgIpc) is 2.70. The van der Waals surface area contributed by atoms with Crippen LogP contribution in [-0.4, -0.2) is 31.4 Å². The minimum absolute atomic E-state index is 0. The summed E-state index contributed by atoms with van der Waals surface area (Å²) in [6.45, 7) is 25.9. The molecule has 0 fully saturated rings. The summed E-state index contributed by atoms with van der Waals surface area (Å²) in [5.74, 6) is 0. The molecule has 3 aromatic carbocycles. The zero-order valence-electron chi connectivity index (χ0n) is 23.2. The fourth-order valence-electron chi connectivity index (χ4n) is 5.61. The van der Waals surface area contributed by atoms with E-state index in [0.717, 1.165) is 15.6 Å². The summed E-state index contributed by atoms with van der Waals surface area (Å²) in [4.78, 5) is 16.1. The van der Waals surface area contributed by atoms with Crippen molar-refractivity contribution in [2.75, 3.05) is 0 Å². The molecule has 34 heavy (non-hydrogen) atoms. The predicted molar refractivity (Wildman–Crippen MR) is 147 cm³/mol. The second kappa shape index (κ2) is 10.9. The number of rotatable bonds is 3. The van der Waals surface area contributed by atoms with Gasteiger partial charge < -0.3 is 17.2 Å². The van der Waals surface area contributed by atoms with Crippen molar-refractivity contribution in [3.05, 3.63) is 85.0 Å². The van der Waals surface area contributed by atoms with E-state index in [4.69, 9.17) is 0 Å². The Balaban J connectivity index is 0.00000289. The Kier molecular flexibility index (Phi) is 9.90. The number of hydrogen-bond donors (Lipinski definition) is 0. The standard InChI is InChI=1S/C30H39OSi.ClH.Mg/c1-16-13-17(2)23(8)28(22(16)7)32(31,29-24(9)18(3)14-19(4)25(29)10)30-26(11)20(5)15-21(6)27(30)12;;/h13-15H,1-12H3;1H;/q-1;;+2/p-1. The van der Waals surface area contributed by atoms with E-state index < -0.39 is 8.32 Å². The van der Waals surface area contributed by atoms with Crippen LogP contribution in [0.1, 0.15) is 66.8 Å². The van der Waals surface area contributed by atoms with E-state index in [1.165, 1.54) is 66.8 Å². The fourth-order valence-corrected chi connectivity index (χ4v) is 10.7. The molecule has 3 aromatic rings. The monoisotopic (exact) mass is 502 g/mol. The topological polar surface area (TPSA) is 23.1 Å². The van der Waals surface area contributed by atoms with E-state index in [-0.39, 0.29) is 35.5 Å². The van der Waals surface area contributed by atoms with Crippen molar-refractivity contribution in [2.45, 2.75) is 83.1 Å². The Hall–Kier alpha value is -1.11. The molecule has 0 aromatic heterocycles. The molecular formula is C30H39ClMgOSi. The van der Waals surface area contributed by atoms with Crippen molar-refractivity contribution < 1.29 is 17.2 Å². The fraction of sp³-hybridized carbons (Fsp3) is 0.400. The van der Waals surface area contributed by atoms with Gasteiger partial charge in [-0.1, -0.05) is 33.8 Å². The SMILES string of the molecule is Cc1cc(C)c(C)c([Si]([O-])(c2c(C)c(C)cc(C)c2C)c2c(C)c(C)cc(C)c2C)c1C.[Cl-].[Mg+2]. The molecule has 0 saturated carbocycles. The molecule has 1 nitrogen and oxygen atoms in total. The van der Waals surface area contributed by atoms with Crippen LogP contribution in [0.25, 0.3) is 0 Å². The third kappa shape index (κ3) is 4.67. The molecule has 0 heterocycles. The van der Waals surface area contributed by atoms with Gasteiger partial charge in [-0.3, -0.25) is 0 Å². The van der Waals surface area contributed by atoms with Gasteiger partial charge in [0.1, 0.15) is 0 Å². The molecule has 0 N–H and O–H groups in total. The van der Waals surface area contributed by atoms with Crippen LogP contribution in [0.3, 0.4) is 0 Å². The maximum Gasteiger partial charge on any atom is 2.00 e. The van der Waals surface area contributed by atoms with Crippen LogP contribution >= 0.6 is 0 Å². The molecule has 0 aliphatic heterocycles. The molecular weight excluding hydrogens is 464 g/mol. The van der Waals surface area contributed by atoms with Crippen LogP contribution in [-0.2, 0) is 0 Å². The van der Waals surface area contributed by atoms with Gasteiger partial charge in [-0.15, -0.1) is 0 Å². The van der Waals surface area contributed by atoms with Crippen molar-refractivity contribution in [1.82, 2.24) is 0 Å². The second-order valence-electron chi connectivity index (χ2n) is 10.1. The third-order valence-corrected chi connectivity index (χ3v) is 12.5. The van der Waals surface area contributed by atoms with Crippen molar-refractivity contribution in [2.24, 2.45) is 0 Å². The van der Waals surface area contributed by atoms with Crippen LogP contribution in [0.5, 0.6) is 0 Å². The summed E-state index contributed by atoms with van der Waals surface area (Å²) < 4.78 is 0. The predicted octanol–water partition coefficient (Wildman–Crippen LogP) is 1.34. The minimum atomic E-state index is -3.58. The Bertz CT molecular complexity index is 1030. The molecule has 0 saturated heterocycles. The van der Waals surface area contributed by atoms with Gasteiger partial charge in [0.05, 0.1) is 8.32 Å². The first kappa shape index (κ1) is 30.9. The van der Waals surface area contributed by atoms with Gasteiger partial charge in [-0.25, -0.2) is 0 Å². The van der Waals surface area contributed by atoms with Crippen molar-refractivity contribution in [3.63, 3.8) is 0 Å². The molecule has 0 aliphatic rings. The van der Waals surface area contributed by atoms with Gasteiger partial charge >= 0.3 is 23.1 Å². The van der Waals surface area contributed by atoms with Crippen LogP contribution in [0, 0.1) is 83.1 Å². The molecule has 0 unspecified atom stereocenters. The molecule has 0 spiro atoms. The molecule has 0 amide bonds. The Labute approximate surface area is 231 Å². The van der Waals surface area contributed by atoms with Crippen molar-refractivity contribution in [1.29, 1.82) is 0 Å². The average molecular weight is 503 g/mol. The zero-order valence-corrected chi connectivity index (χ0v) is 26.4. The molecule has 178 valence electrons. The number of halogens is 1. The van der Waals surface area contributed by atoms with Crippen molar-refractivity contribution >= 4 is 46.9 Å². The van der Waals surface area contributed by atoms with E-state index in [1.807, 2.05) is 0 Å². The summed E-state index contributed by atoms with van der Waals surface area (Å²) in [7, 11) is -3.58. The van der Waals surface area contributed by atoms with E-state index in [9.17, 15) is 0 Å². The smallest absolute Gasteiger partial charge is 1.00 e. The summed E-state index contributed by atoms with van der Waals surface area (Å²) in [5.41, 5.74) is 14.3. The second-order valence-corrected chi connectivity index (χ2v) is 12.9. The third-order valence-electron chi connectivity index (χ3n) is 8.15. The van der Waals surface area contributed by atoms with Crippen LogP contribution in [0.2, 0.25) is 0 Å². The molecule has 0 bridgehead atoms. The zero-order chi connectivity index (χ0) is 24.3. The number of aryl methyl sites for hydroxylation is 6. The van der Waals surface area contributed by atoms with Crippen LogP contribution < -0.4 is 32.8 Å². The summed E-state index contributed by atoms with van der Waals surface area (Å²) in [6, 6.07) is 6.72. The first-order valence-corrected chi connectivity index (χ1v) is 13.6. The largest absolute Gasteiger partial charge is 2.00 e. The first-order chi connectivity index (χ1) is 14.7. The van der Waals surface area contributed by atoms with Gasteiger partial charge in [-0.2, -0.15) is 0 Å². The Morgan fingerprint density at radius 1 is 0.412 bits per heavy atom. The molecule has 0 radical (unpaired) electrons. The normalized spacial score (nSPS) is 11.2. The molecule has 4 heteroatoms. The number of hydrogen-bond acceptors (Lipinski definition) is 1. The molecule has 0 aliphatic carbocycles. The summed E-state index contributed by atoms with van der Waals surface area (Å²) in [6.07, 6.45) is 0. The molecule has 3 rings (SSSR count). The van der Waals surface area contributed by atoms with Crippen LogP contribution in [0.15, 0.2) is 18.2 Å². The quantitative estimate of drug-likeness (QED) is 0.391. The summed E-state index contributed by atoms with van der Waals surface area (Å²) >= 11 is 0. The van der Waals surface area contributed by atoms with E-state index in [1.54, 1.807) is 0 Å². The minimum Gasteiger partial charge on any atom is -1.00 e. The van der Waals surface area contributed by atoms with Gasteiger partial charge in [0.15, 0.2) is 0 Å².